The van der Waals surface area contributed by atoms with Crippen LogP contribution in [0.5, 0.6) is 0 Å². The molecular formula is C15H14ClNO5S. The van der Waals surface area contributed by atoms with Crippen LogP contribution in [-0.4, -0.2) is 26.8 Å². The molecule has 8 heteroatoms. The van der Waals surface area contributed by atoms with Gasteiger partial charge in [-0.05, 0) is 44.2 Å². The molecule has 0 aliphatic rings. The van der Waals surface area contributed by atoms with Gasteiger partial charge in [0.2, 0.25) is 9.84 Å². The summed E-state index contributed by atoms with van der Waals surface area (Å²) in [6.07, 6.45) is 0.810. The normalized spacial score (nSPS) is 13.0. The number of ketones is 1. The van der Waals surface area contributed by atoms with E-state index in [-0.39, 0.29) is 11.5 Å². The number of esters is 1. The van der Waals surface area contributed by atoms with Crippen LogP contribution in [0.25, 0.3) is 0 Å². The Morgan fingerprint density at radius 3 is 2.35 bits per heavy atom. The summed E-state index contributed by atoms with van der Waals surface area (Å²) < 4.78 is 29.6. The van der Waals surface area contributed by atoms with Gasteiger partial charge >= 0.3 is 5.97 Å². The third kappa shape index (κ3) is 4.65. The monoisotopic (exact) mass is 355 g/mol. The topological polar surface area (TPSA) is 101 Å². The molecule has 0 fully saturated rings. The first-order valence-electron chi connectivity index (χ1n) is 6.53. The molecule has 0 N–H and O–H groups in total. The molecule has 0 saturated carbocycles. The van der Waals surface area contributed by atoms with Gasteiger partial charge in [0.05, 0.1) is 11.5 Å². The van der Waals surface area contributed by atoms with Crippen molar-refractivity contribution in [1.29, 1.82) is 5.26 Å². The zero-order valence-electron chi connectivity index (χ0n) is 12.4. The van der Waals surface area contributed by atoms with Crippen LogP contribution in [0.15, 0.2) is 40.1 Å². The van der Waals surface area contributed by atoms with E-state index < -0.39 is 32.4 Å². The predicted molar refractivity (Wildman–Crippen MR) is 83.1 cm³/mol. The lowest BCUT2D eigenvalue weighted by atomic mass is 10.1. The zero-order chi connectivity index (χ0) is 17.6. The van der Waals surface area contributed by atoms with Crippen LogP contribution >= 0.6 is 11.6 Å². The summed E-state index contributed by atoms with van der Waals surface area (Å²) in [5.41, 5.74) is 0. The molecule has 0 aromatic heterocycles. The first-order chi connectivity index (χ1) is 10.7. The second-order valence-electron chi connectivity index (χ2n) is 4.44. The molecule has 122 valence electrons. The Labute approximate surface area is 139 Å². The van der Waals surface area contributed by atoms with Crippen molar-refractivity contribution in [3.63, 3.8) is 0 Å². The molecule has 1 rings (SSSR count). The van der Waals surface area contributed by atoms with Gasteiger partial charge in [0.25, 0.3) is 0 Å². The van der Waals surface area contributed by atoms with Crippen LogP contribution in [-0.2, 0) is 24.2 Å². The fraction of sp³-hybridized carbons (Fsp3) is 0.267. The number of ether oxygens (including phenoxy) is 1. The summed E-state index contributed by atoms with van der Waals surface area (Å²) in [7, 11) is -4.16. The molecule has 0 aliphatic heterocycles. The highest BCUT2D eigenvalue weighted by molar-refractivity contribution is 7.95. The van der Waals surface area contributed by atoms with Gasteiger partial charge in [0, 0.05) is 5.02 Å². The molecule has 1 atom stereocenters. The summed E-state index contributed by atoms with van der Waals surface area (Å²) in [5, 5.41) is 9.47. The molecule has 1 aromatic rings. The van der Waals surface area contributed by atoms with Crippen molar-refractivity contribution in [3.8, 4) is 6.07 Å². The van der Waals surface area contributed by atoms with Gasteiger partial charge in [-0.2, -0.15) is 5.26 Å². The van der Waals surface area contributed by atoms with Crippen molar-refractivity contribution in [1.82, 2.24) is 0 Å². The van der Waals surface area contributed by atoms with Gasteiger partial charge in [-0.25, -0.2) is 8.42 Å². The van der Waals surface area contributed by atoms with Crippen molar-refractivity contribution in [2.24, 2.45) is 5.92 Å². The van der Waals surface area contributed by atoms with Crippen LogP contribution < -0.4 is 0 Å². The van der Waals surface area contributed by atoms with E-state index in [0.29, 0.717) is 5.02 Å². The number of carbonyl (C=O) groups is 2. The highest BCUT2D eigenvalue weighted by Gasteiger charge is 2.28. The average Bonchev–Trinajstić information content (AvgIpc) is 2.48. The Balaban J connectivity index is 3.34. The van der Waals surface area contributed by atoms with Crippen molar-refractivity contribution in [2.45, 2.75) is 18.7 Å². The van der Waals surface area contributed by atoms with Gasteiger partial charge in [-0.3, -0.25) is 9.59 Å². The maximum absolute atomic E-state index is 12.4. The number of benzene rings is 1. The summed E-state index contributed by atoms with van der Waals surface area (Å²) in [4.78, 5) is 22.4. The maximum atomic E-state index is 12.4. The summed E-state index contributed by atoms with van der Waals surface area (Å²) >= 11 is 5.70. The molecule has 0 aliphatic carbocycles. The van der Waals surface area contributed by atoms with Gasteiger partial charge in [0.15, 0.2) is 0 Å². The minimum absolute atomic E-state index is 0.0300. The summed E-state index contributed by atoms with van der Waals surface area (Å²) in [6, 6.07) is 6.70. The third-order valence-corrected chi connectivity index (χ3v) is 4.77. The van der Waals surface area contributed by atoms with Crippen molar-refractivity contribution in [2.75, 3.05) is 6.61 Å². The second kappa shape index (κ2) is 7.90. The van der Waals surface area contributed by atoms with Gasteiger partial charge in [0.1, 0.15) is 22.7 Å². The quantitative estimate of drug-likeness (QED) is 0.440. The lowest BCUT2D eigenvalue weighted by molar-refractivity contribution is -0.149. The molecule has 23 heavy (non-hydrogen) atoms. The zero-order valence-corrected chi connectivity index (χ0v) is 14.0. The largest absolute Gasteiger partial charge is 0.465 e. The summed E-state index contributed by atoms with van der Waals surface area (Å²) in [6.45, 7) is 2.69. The number of allylic oxidation sites excluding steroid dienone is 1. The number of hydrogen-bond donors (Lipinski definition) is 0. The molecule has 0 heterocycles. The van der Waals surface area contributed by atoms with Gasteiger partial charge < -0.3 is 4.74 Å². The smallest absolute Gasteiger partial charge is 0.320 e. The second-order valence-corrected chi connectivity index (χ2v) is 6.79. The van der Waals surface area contributed by atoms with E-state index in [1.807, 2.05) is 0 Å². The number of sulfone groups is 1. The lowest BCUT2D eigenvalue weighted by Crippen LogP contribution is -2.23. The minimum atomic E-state index is -4.16. The van der Waals surface area contributed by atoms with Crippen LogP contribution in [0.4, 0.5) is 0 Å². The SMILES string of the molecule is CCOC(=O)C(/C=C(\C#N)S(=O)(=O)c1ccc(Cl)cc1)C(C)=O. The molecule has 6 nitrogen and oxygen atoms in total. The molecule has 1 aromatic carbocycles. The maximum Gasteiger partial charge on any atom is 0.320 e. The fourth-order valence-corrected chi connectivity index (χ4v) is 2.97. The Kier molecular flexibility index (Phi) is 6.49. The van der Waals surface area contributed by atoms with Crippen LogP contribution in [0.3, 0.4) is 0 Å². The Bertz CT molecular complexity index is 775. The average molecular weight is 356 g/mol. The van der Waals surface area contributed by atoms with Gasteiger partial charge in [-0.1, -0.05) is 11.6 Å². The van der Waals surface area contributed by atoms with Crippen LogP contribution in [0.2, 0.25) is 5.02 Å². The Morgan fingerprint density at radius 1 is 1.35 bits per heavy atom. The molecule has 0 saturated heterocycles. The number of nitrogens with zero attached hydrogens (tertiary/aromatic N) is 1. The minimum Gasteiger partial charge on any atom is -0.465 e. The van der Waals surface area contributed by atoms with E-state index >= 15 is 0 Å². The van der Waals surface area contributed by atoms with Crippen molar-refractivity contribution < 1.29 is 22.7 Å². The molecule has 0 bridgehead atoms. The first kappa shape index (κ1) is 18.9. The number of carbonyl (C=O) groups excluding carboxylic acids is 2. The number of hydrogen-bond acceptors (Lipinski definition) is 6. The number of nitriles is 1. The highest BCUT2D eigenvalue weighted by Crippen LogP contribution is 2.22. The van der Waals surface area contributed by atoms with Crippen LogP contribution in [0, 0.1) is 17.2 Å². The predicted octanol–water partition coefficient (Wildman–Crippen LogP) is 2.29. The molecule has 0 spiro atoms. The fourth-order valence-electron chi connectivity index (χ4n) is 1.66. The lowest BCUT2D eigenvalue weighted by Gasteiger charge is -2.09. The molecular weight excluding hydrogens is 342 g/mol. The van der Waals surface area contributed by atoms with E-state index in [1.165, 1.54) is 30.3 Å². The number of halogens is 1. The molecule has 1 unspecified atom stereocenters. The highest BCUT2D eigenvalue weighted by atomic mass is 35.5. The van der Waals surface area contributed by atoms with E-state index in [4.69, 9.17) is 21.6 Å². The van der Waals surface area contributed by atoms with E-state index in [9.17, 15) is 18.0 Å². The van der Waals surface area contributed by atoms with E-state index in [2.05, 4.69) is 0 Å². The van der Waals surface area contributed by atoms with Crippen LogP contribution in [0.1, 0.15) is 13.8 Å². The first-order valence-corrected chi connectivity index (χ1v) is 8.39. The van der Waals surface area contributed by atoms with E-state index in [1.54, 1.807) is 6.92 Å². The Morgan fingerprint density at radius 2 is 1.91 bits per heavy atom. The standard InChI is InChI=1S/C15H14ClNO5S/c1-3-22-15(19)14(10(2)18)8-13(9-17)23(20,21)12-6-4-11(16)5-7-12/h4-8,14H,3H2,1-2H3/b13-8+. The van der Waals surface area contributed by atoms with Gasteiger partial charge in [-0.15, -0.1) is 0 Å². The third-order valence-electron chi connectivity index (χ3n) is 2.82. The Hall–Kier alpha value is -2.17. The number of rotatable bonds is 6. The molecule has 0 radical (unpaired) electrons. The summed E-state index contributed by atoms with van der Waals surface area (Å²) in [5.74, 6) is -2.98. The number of Topliss-reactive ketones (excluding diaryl/α,β-unsaturated/α-hetero) is 1. The molecule has 0 amide bonds. The van der Waals surface area contributed by atoms with Crippen molar-refractivity contribution in [3.05, 3.63) is 40.3 Å². The van der Waals surface area contributed by atoms with Crippen molar-refractivity contribution >= 4 is 33.2 Å². The van der Waals surface area contributed by atoms with E-state index in [0.717, 1.165) is 13.0 Å².